The fraction of sp³-hybridized carbons (Fsp3) is 0.222. The second kappa shape index (κ2) is 4.23. The summed E-state index contributed by atoms with van der Waals surface area (Å²) in [6, 6.07) is 6.31. The maximum absolute atomic E-state index is 11.2. The lowest BCUT2D eigenvalue weighted by Gasteiger charge is -2.06. The third kappa shape index (κ3) is 2.56. The molecule has 0 amide bonds. The minimum absolute atomic E-state index is 0.0276. The number of hydrogen-bond acceptors (Lipinski definition) is 3. The van der Waals surface area contributed by atoms with E-state index in [0.29, 0.717) is 0 Å². The van der Waals surface area contributed by atoms with Crippen molar-refractivity contribution in [1.82, 2.24) is 0 Å². The molecule has 0 aliphatic rings. The molecule has 0 spiro atoms. The summed E-state index contributed by atoms with van der Waals surface area (Å²) in [6.45, 7) is 1.52. The van der Waals surface area contributed by atoms with Gasteiger partial charge in [0, 0.05) is 0 Å². The van der Waals surface area contributed by atoms with Crippen LogP contribution in [0.15, 0.2) is 24.3 Å². The summed E-state index contributed by atoms with van der Waals surface area (Å²) in [5, 5.41) is 0. The maximum Gasteiger partial charge on any atom is 0.235 e. The van der Waals surface area contributed by atoms with E-state index >= 15 is 0 Å². The first kappa shape index (κ1) is 10.7. The van der Waals surface area contributed by atoms with E-state index in [1.54, 1.807) is 18.4 Å². The zero-order valence-corrected chi connectivity index (χ0v) is 8.47. The topological polar surface area (TPSA) is 63.2 Å². The Morgan fingerprint density at radius 2 is 2.00 bits per heavy atom. The van der Waals surface area contributed by atoms with Gasteiger partial charge in [0.1, 0.15) is 0 Å². The normalized spacial score (nSPS) is 10.9. The third-order valence-corrected chi connectivity index (χ3v) is 2.97. The van der Waals surface area contributed by atoms with E-state index in [1.165, 1.54) is 19.1 Å². The Bertz CT molecular complexity index is 425. The fourth-order valence-corrected chi connectivity index (χ4v) is 1.56. The van der Waals surface area contributed by atoms with Crippen molar-refractivity contribution in [2.45, 2.75) is 6.92 Å². The molecule has 1 radical (unpaired) electrons. The molecular formula is C9H10NO3S. The Morgan fingerprint density at radius 3 is 2.57 bits per heavy atom. The van der Waals surface area contributed by atoms with E-state index in [1.807, 2.05) is 0 Å². The first-order valence-electron chi connectivity index (χ1n) is 4.06. The molecule has 0 fully saturated rings. The Morgan fingerprint density at radius 1 is 1.36 bits per heavy atom. The zero-order valence-electron chi connectivity index (χ0n) is 7.65. The Hall–Kier alpha value is -1.36. The number of benzene rings is 1. The summed E-state index contributed by atoms with van der Waals surface area (Å²) in [4.78, 5) is 10.4. The highest BCUT2D eigenvalue weighted by atomic mass is 32.2. The summed E-state index contributed by atoms with van der Waals surface area (Å²) in [5.74, 6) is -0.0276. The van der Waals surface area contributed by atoms with Gasteiger partial charge in [-0.2, -0.15) is 0 Å². The lowest BCUT2D eigenvalue weighted by atomic mass is 10.2. The van der Waals surface area contributed by atoms with E-state index in [0.717, 1.165) is 0 Å². The van der Waals surface area contributed by atoms with Crippen molar-refractivity contribution in [1.29, 1.82) is 0 Å². The van der Waals surface area contributed by atoms with Crippen molar-refractivity contribution in [2.24, 2.45) is 0 Å². The monoisotopic (exact) mass is 212 g/mol. The quantitative estimate of drug-likeness (QED) is 0.806. The van der Waals surface area contributed by atoms with Gasteiger partial charge in [0.05, 0.1) is 17.0 Å². The van der Waals surface area contributed by atoms with Crippen LogP contribution in [0.4, 0.5) is 5.69 Å². The van der Waals surface area contributed by atoms with Crippen molar-refractivity contribution < 1.29 is 13.2 Å². The van der Waals surface area contributed by atoms with Crippen molar-refractivity contribution in [3.8, 4) is 0 Å². The standard InChI is InChI=1S/C9H10NO3S/c1-2-14(12,13)10-9-6-4-3-5-8(9)7-11/h3-6,10H,2H2,1H3. The van der Waals surface area contributed by atoms with Gasteiger partial charge in [-0.15, -0.1) is 0 Å². The molecule has 75 valence electrons. The molecule has 0 atom stereocenters. The van der Waals surface area contributed by atoms with Gasteiger partial charge >= 0.3 is 0 Å². The number of hydrogen-bond donors (Lipinski definition) is 1. The average molecular weight is 212 g/mol. The van der Waals surface area contributed by atoms with Gasteiger partial charge in [-0.25, -0.2) is 8.42 Å². The minimum Gasteiger partial charge on any atom is -0.285 e. The van der Waals surface area contributed by atoms with E-state index in [-0.39, 0.29) is 17.0 Å². The highest BCUT2D eigenvalue weighted by Crippen LogP contribution is 2.13. The molecule has 1 N–H and O–H groups in total. The third-order valence-electron chi connectivity index (χ3n) is 1.68. The Kier molecular flexibility index (Phi) is 3.24. The molecular weight excluding hydrogens is 202 g/mol. The SMILES string of the molecule is CCS(=O)(=O)Nc1ccccc1[C]=O. The smallest absolute Gasteiger partial charge is 0.235 e. The van der Waals surface area contributed by atoms with E-state index in [4.69, 9.17) is 0 Å². The van der Waals surface area contributed by atoms with Gasteiger partial charge in [0.2, 0.25) is 16.3 Å². The number of para-hydroxylation sites is 1. The molecule has 0 bridgehead atoms. The molecule has 0 aliphatic heterocycles. The summed E-state index contributed by atoms with van der Waals surface area (Å²) >= 11 is 0. The highest BCUT2D eigenvalue weighted by Gasteiger charge is 2.09. The predicted octanol–water partition coefficient (Wildman–Crippen LogP) is 0.906. The maximum atomic E-state index is 11.2. The zero-order chi connectivity index (χ0) is 10.6. The number of rotatable bonds is 4. The number of sulfonamides is 1. The van der Waals surface area contributed by atoms with Gasteiger partial charge in [0.25, 0.3) is 0 Å². The largest absolute Gasteiger partial charge is 0.285 e. The number of anilines is 1. The fourth-order valence-electron chi connectivity index (χ4n) is 0.901. The Balaban J connectivity index is 3.03. The van der Waals surface area contributed by atoms with Crippen molar-refractivity contribution in [2.75, 3.05) is 10.5 Å². The molecule has 0 unspecified atom stereocenters. The van der Waals surface area contributed by atoms with Gasteiger partial charge in [-0.05, 0) is 19.1 Å². The number of nitrogens with one attached hydrogen (secondary N) is 1. The molecule has 0 aliphatic carbocycles. The number of carbonyl (C=O) groups excluding carboxylic acids is 1. The van der Waals surface area contributed by atoms with Crippen molar-refractivity contribution in [3.63, 3.8) is 0 Å². The van der Waals surface area contributed by atoms with Crippen LogP contribution in [0, 0.1) is 0 Å². The van der Waals surface area contributed by atoms with Gasteiger partial charge in [0.15, 0.2) is 0 Å². The van der Waals surface area contributed by atoms with Crippen LogP contribution in [0.5, 0.6) is 0 Å². The molecule has 14 heavy (non-hydrogen) atoms. The lowest BCUT2D eigenvalue weighted by molar-refractivity contribution is 0.563. The lowest BCUT2D eigenvalue weighted by Crippen LogP contribution is -2.15. The van der Waals surface area contributed by atoms with Crippen molar-refractivity contribution in [3.05, 3.63) is 29.8 Å². The van der Waals surface area contributed by atoms with Gasteiger partial charge < -0.3 is 0 Å². The summed E-state index contributed by atoms with van der Waals surface area (Å²) in [5.41, 5.74) is 0.480. The minimum atomic E-state index is -3.33. The van der Waals surface area contributed by atoms with E-state index in [9.17, 15) is 13.2 Å². The second-order valence-electron chi connectivity index (χ2n) is 2.65. The molecule has 0 saturated heterocycles. The summed E-state index contributed by atoms with van der Waals surface area (Å²) < 4.78 is 24.7. The van der Waals surface area contributed by atoms with Crippen LogP contribution < -0.4 is 4.72 Å². The first-order chi connectivity index (χ1) is 6.59. The van der Waals surface area contributed by atoms with Crippen LogP contribution in [-0.4, -0.2) is 20.5 Å². The molecule has 0 saturated carbocycles. The van der Waals surface area contributed by atoms with Crippen LogP contribution >= 0.6 is 0 Å². The van der Waals surface area contributed by atoms with Crippen LogP contribution in [0.25, 0.3) is 0 Å². The molecule has 5 heteroatoms. The van der Waals surface area contributed by atoms with Crippen molar-refractivity contribution >= 4 is 22.0 Å². The molecule has 1 aromatic carbocycles. The molecule has 0 aromatic heterocycles. The van der Waals surface area contributed by atoms with Crippen LogP contribution in [-0.2, 0) is 14.8 Å². The highest BCUT2D eigenvalue weighted by molar-refractivity contribution is 7.92. The van der Waals surface area contributed by atoms with Gasteiger partial charge in [-0.3, -0.25) is 9.52 Å². The average Bonchev–Trinajstić information content (AvgIpc) is 2.18. The second-order valence-corrected chi connectivity index (χ2v) is 4.66. The molecule has 0 heterocycles. The molecule has 1 aromatic rings. The van der Waals surface area contributed by atoms with Gasteiger partial charge in [-0.1, -0.05) is 12.1 Å². The van der Waals surface area contributed by atoms with Crippen LogP contribution in [0.2, 0.25) is 0 Å². The summed E-state index contributed by atoms with van der Waals surface area (Å²) in [6.07, 6.45) is 1.67. The van der Waals surface area contributed by atoms with E-state index < -0.39 is 10.0 Å². The van der Waals surface area contributed by atoms with Crippen LogP contribution in [0.3, 0.4) is 0 Å². The van der Waals surface area contributed by atoms with E-state index in [2.05, 4.69) is 4.72 Å². The first-order valence-corrected chi connectivity index (χ1v) is 5.72. The van der Waals surface area contributed by atoms with Crippen LogP contribution in [0.1, 0.15) is 12.5 Å². The molecule has 4 nitrogen and oxygen atoms in total. The summed E-state index contributed by atoms with van der Waals surface area (Å²) in [7, 11) is -3.33. The predicted molar refractivity (Wildman–Crippen MR) is 54.3 cm³/mol. The molecule has 1 rings (SSSR count). The Labute approximate surface area is 83.0 Å².